The van der Waals surface area contributed by atoms with Crippen LogP contribution in [0.3, 0.4) is 0 Å². The molecule has 0 bridgehead atoms. The molecule has 4 heteroatoms. The van der Waals surface area contributed by atoms with Crippen LogP contribution in [-0.2, 0) is 6.42 Å². The average molecular weight is 250 g/mol. The molecule has 0 aliphatic heterocycles. The van der Waals surface area contributed by atoms with Crippen molar-refractivity contribution in [2.45, 2.75) is 24.6 Å². The van der Waals surface area contributed by atoms with Crippen LogP contribution in [-0.4, -0.2) is 14.8 Å². The Hall–Kier alpha value is -0.150. The third-order valence-electron chi connectivity index (χ3n) is 1.52. The van der Waals surface area contributed by atoms with Crippen molar-refractivity contribution in [1.82, 2.24) is 9.97 Å². The quantitative estimate of drug-likeness (QED) is 0.770. The predicted octanol–water partition coefficient (Wildman–Crippen LogP) is 2.85. The molecule has 2 nitrogen and oxygen atoms in total. The molecule has 0 spiro atoms. The van der Waals surface area contributed by atoms with Gasteiger partial charge in [-0.3, -0.25) is 0 Å². The summed E-state index contributed by atoms with van der Waals surface area (Å²) in [6, 6.07) is 0. The van der Waals surface area contributed by atoms with Crippen LogP contribution in [0.4, 0.5) is 0 Å². The molecule has 1 aromatic rings. The van der Waals surface area contributed by atoms with E-state index in [1.165, 1.54) is 0 Å². The van der Waals surface area contributed by atoms with Gasteiger partial charge >= 0.3 is 0 Å². The third-order valence-corrected chi connectivity index (χ3v) is 2.69. The smallest absolute Gasteiger partial charge is 0.129 e. The fourth-order valence-electron chi connectivity index (χ4n) is 0.787. The van der Waals surface area contributed by atoms with Crippen molar-refractivity contribution in [2.24, 2.45) is 0 Å². The number of rotatable bonds is 3. The van der Waals surface area contributed by atoms with Gasteiger partial charge in [0, 0.05) is 23.6 Å². The first kappa shape index (κ1) is 9.93. The monoisotopic (exact) mass is 248 g/mol. The van der Waals surface area contributed by atoms with Crippen LogP contribution in [0.5, 0.6) is 0 Å². The third kappa shape index (κ3) is 3.07. The topological polar surface area (TPSA) is 25.8 Å². The highest BCUT2D eigenvalue weighted by molar-refractivity contribution is 9.09. The highest BCUT2D eigenvalue weighted by Crippen LogP contribution is 2.10. The summed E-state index contributed by atoms with van der Waals surface area (Å²) in [6.07, 6.45) is 5.18. The molecule has 0 aromatic carbocycles. The Morgan fingerprint density at radius 1 is 1.50 bits per heavy atom. The first-order valence-electron chi connectivity index (χ1n) is 3.83. The number of alkyl halides is 1. The highest BCUT2D eigenvalue weighted by atomic mass is 79.9. The average Bonchev–Trinajstić information content (AvgIpc) is 2.09. The van der Waals surface area contributed by atoms with E-state index < -0.39 is 0 Å². The van der Waals surface area contributed by atoms with Crippen LogP contribution in [0, 0.1) is 0 Å². The molecule has 1 heterocycles. The van der Waals surface area contributed by atoms with Crippen molar-refractivity contribution >= 4 is 27.5 Å². The van der Waals surface area contributed by atoms with E-state index in [9.17, 15) is 0 Å². The van der Waals surface area contributed by atoms with E-state index in [2.05, 4.69) is 32.8 Å². The molecule has 0 aliphatic rings. The van der Waals surface area contributed by atoms with E-state index in [-0.39, 0.29) is 0 Å². The van der Waals surface area contributed by atoms with Gasteiger partial charge in [0.15, 0.2) is 0 Å². The zero-order valence-electron chi connectivity index (χ0n) is 6.80. The van der Waals surface area contributed by atoms with E-state index in [1.807, 2.05) is 0 Å². The highest BCUT2D eigenvalue weighted by Gasteiger charge is 2.04. The van der Waals surface area contributed by atoms with Gasteiger partial charge in [-0.2, -0.15) is 0 Å². The van der Waals surface area contributed by atoms with Gasteiger partial charge in [-0.15, -0.1) is 0 Å². The lowest BCUT2D eigenvalue weighted by Gasteiger charge is -2.03. The molecular formula is C8H10BrClN2. The Morgan fingerprint density at radius 3 is 2.58 bits per heavy atom. The van der Waals surface area contributed by atoms with Crippen molar-refractivity contribution in [3.8, 4) is 0 Å². The molecule has 0 fully saturated rings. The van der Waals surface area contributed by atoms with Crippen molar-refractivity contribution in [3.63, 3.8) is 0 Å². The molecule has 1 unspecified atom stereocenters. The molecular weight excluding hydrogens is 239 g/mol. The molecule has 0 N–H and O–H groups in total. The number of halogens is 2. The van der Waals surface area contributed by atoms with Gasteiger partial charge in [-0.05, 0) is 6.42 Å². The predicted molar refractivity (Wildman–Crippen MR) is 53.8 cm³/mol. The lowest BCUT2D eigenvalue weighted by atomic mass is 10.2. The summed E-state index contributed by atoms with van der Waals surface area (Å²) in [5.74, 6) is 0.836. The van der Waals surface area contributed by atoms with E-state index in [4.69, 9.17) is 11.6 Å². The SMILES string of the molecule is CCC(Br)Cc1ncc(Cl)cn1. The van der Waals surface area contributed by atoms with Crippen molar-refractivity contribution in [3.05, 3.63) is 23.2 Å². The van der Waals surface area contributed by atoms with Gasteiger partial charge in [0.1, 0.15) is 5.82 Å². The van der Waals surface area contributed by atoms with Crippen LogP contribution in [0.25, 0.3) is 0 Å². The van der Waals surface area contributed by atoms with Gasteiger partial charge in [0.25, 0.3) is 0 Å². The lowest BCUT2D eigenvalue weighted by Crippen LogP contribution is -2.04. The summed E-state index contributed by atoms with van der Waals surface area (Å²) in [5.41, 5.74) is 0. The van der Waals surface area contributed by atoms with Crippen LogP contribution in [0.2, 0.25) is 5.02 Å². The number of aromatic nitrogens is 2. The lowest BCUT2D eigenvalue weighted by molar-refractivity contribution is 0.781. The molecule has 0 aliphatic carbocycles. The maximum Gasteiger partial charge on any atom is 0.129 e. The fourth-order valence-corrected chi connectivity index (χ4v) is 1.17. The van der Waals surface area contributed by atoms with Gasteiger partial charge < -0.3 is 0 Å². The number of hydrogen-bond acceptors (Lipinski definition) is 2. The zero-order chi connectivity index (χ0) is 8.97. The van der Waals surface area contributed by atoms with Crippen LogP contribution in [0.1, 0.15) is 19.2 Å². The van der Waals surface area contributed by atoms with E-state index in [0.717, 1.165) is 18.7 Å². The molecule has 66 valence electrons. The summed E-state index contributed by atoms with van der Waals surface area (Å²) in [5, 5.41) is 0.585. The Bertz CT molecular complexity index is 237. The second-order valence-corrected chi connectivity index (χ2v) is 4.26. The summed E-state index contributed by atoms with van der Waals surface area (Å²) < 4.78 is 0. The largest absolute Gasteiger partial charge is 0.240 e. The standard InChI is InChI=1S/C8H10BrClN2/c1-2-6(9)3-8-11-4-7(10)5-12-8/h4-6H,2-3H2,1H3. The maximum atomic E-state index is 5.65. The minimum Gasteiger partial charge on any atom is -0.240 e. The van der Waals surface area contributed by atoms with Gasteiger partial charge in [0.05, 0.1) is 5.02 Å². The molecule has 1 rings (SSSR count). The van der Waals surface area contributed by atoms with Crippen LogP contribution < -0.4 is 0 Å². The minimum absolute atomic E-state index is 0.457. The molecule has 0 amide bonds. The van der Waals surface area contributed by atoms with Crippen LogP contribution in [0.15, 0.2) is 12.4 Å². The van der Waals surface area contributed by atoms with Gasteiger partial charge in [-0.25, -0.2) is 9.97 Å². The first-order chi connectivity index (χ1) is 5.72. The van der Waals surface area contributed by atoms with Crippen molar-refractivity contribution in [2.75, 3.05) is 0 Å². The molecule has 0 saturated carbocycles. The maximum absolute atomic E-state index is 5.65. The fraction of sp³-hybridized carbons (Fsp3) is 0.500. The summed E-state index contributed by atoms with van der Waals surface area (Å²) in [4.78, 5) is 8.64. The Kier molecular flexibility index (Phi) is 3.95. The summed E-state index contributed by atoms with van der Waals surface area (Å²) in [6.45, 7) is 2.12. The molecule has 0 saturated heterocycles. The Labute approximate surface area is 85.5 Å². The first-order valence-corrected chi connectivity index (χ1v) is 5.12. The second-order valence-electron chi connectivity index (χ2n) is 2.53. The van der Waals surface area contributed by atoms with Gasteiger partial charge in [0.2, 0.25) is 0 Å². The van der Waals surface area contributed by atoms with Crippen molar-refractivity contribution < 1.29 is 0 Å². The Balaban J connectivity index is 2.58. The minimum atomic E-state index is 0.457. The zero-order valence-corrected chi connectivity index (χ0v) is 9.14. The van der Waals surface area contributed by atoms with E-state index >= 15 is 0 Å². The van der Waals surface area contributed by atoms with Gasteiger partial charge in [-0.1, -0.05) is 34.5 Å². The number of hydrogen-bond donors (Lipinski definition) is 0. The second kappa shape index (κ2) is 4.77. The Morgan fingerprint density at radius 2 is 2.08 bits per heavy atom. The van der Waals surface area contributed by atoms with Crippen LogP contribution >= 0.6 is 27.5 Å². The molecule has 0 radical (unpaired) electrons. The molecule has 12 heavy (non-hydrogen) atoms. The van der Waals surface area contributed by atoms with E-state index in [1.54, 1.807) is 12.4 Å². The van der Waals surface area contributed by atoms with Crippen molar-refractivity contribution in [1.29, 1.82) is 0 Å². The number of nitrogens with zero attached hydrogens (tertiary/aromatic N) is 2. The summed E-state index contributed by atoms with van der Waals surface area (Å²) in [7, 11) is 0. The van der Waals surface area contributed by atoms with E-state index in [0.29, 0.717) is 9.85 Å². The summed E-state index contributed by atoms with van der Waals surface area (Å²) >= 11 is 9.16. The molecule has 1 atom stereocenters. The molecule has 1 aromatic heterocycles. The normalized spacial score (nSPS) is 12.9.